The van der Waals surface area contributed by atoms with Crippen LogP contribution in [0.4, 0.5) is 0 Å². The van der Waals surface area contributed by atoms with Crippen molar-refractivity contribution < 1.29 is 0 Å². The molecule has 0 bridgehead atoms. The molecule has 0 saturated heterocycles. The van der Waals surface area contributed by atoms with Crippen molar-refractivity contribution in [3.8, 4) is 11.1 Å². The third-order valence-electron chi connectivity index (χ3n) is 5.94. The molecule has 0 aliphatic heterocycles. The van der Waals surface area contributed by atoms with E-state index >= 15 is 0 Å². The Morgan fingerprint density at radius 2 is 1.21 bits per heavy atom. The molecule has 2 heterocycles. The van der Waals surface area contributed by atoms with Gasteiger partial charge in [-0.15, -0.1) is 11.3 Å². The van der Waals surface area contributed by atoms with Gasteiger partial charge in [-0.3, -0.25) is 0 Å². The van der Waals surface area contributed by atoms with E-state index < -0.39 is 0 Å². The van der Waals surface area contributed by atoms with Gasteiger partial charge in [0.15, 0.2) is 0 Å². The molecule has 6 aromatic rings. The van der Waals surface area contributed by atoms with E-state index in [1.165, 1.54) is 53.1 Å². The van der Waals surface area contributed by atoms with E-state index in [1.807, 2.05) is 11.3 Å². The van der Waals surface area contributed by atoms with Gasteiger partial charge in [-0.2, -0.15) is 0 Å². The first-order valence-corrected chi connectivity index (χ1v) is 11.0. The van der Waals surface area contributed by atoms with Crippen LogP contribution in [-0.4, -0.2) is 4.57 Å². The molecule has 0 amide bonds. The van der Waals surface area contributed by atoms with Gasteiger partial charge in [0.1, 0.15) is 0 Å². The minimum Gasteiger partial charge on any atom is -0.338 e. The lowest BCUT2D eigenvalue weighted by atomic mass is 10.0. The molecule has 140 valence electrons. The minimum absolute atomic E-state index is 0.428. The Hall–Kier alpha value is -3.10. The van der Waals surface area contributed by atoms with Gasteiger partial charge in [-0.25, -0.2) is 0 Å². The molecule has 0 atom stereocenters. The fourth-order valence-electron chi connectivity index (χ4n) is 4.64. The zero-order chi connectivity index (χ0) is 19.5. The summed E-state index contributed by atoms with van der Waals surface area (Å²) in [4.78, 5) is 0. The van der Waals surface area contributed by atoms with Crippen molar-refractivity contribution >= 4 is 53.3 Å². The molecule has 0 fully saturated rings. The summed E-state index contributed by atoms with van der Waals surface area (Å²) in [5, 5.41) is 5.38. The first kappa shape index (κ1) is 16.8. The second-order valence-electron chi connectivity index (χ2n) is 8.02. The van der Waals surface area contributed by atoms with E-state index in [4.69, 9.17) is 0 Å². The second-order valence-corrected chi connectivity index (χ2v) is 9.11. The maximum atomic E-state index is 2.45. The minimum atomic E-state index is 0.428. The predicted molar refractivity (Wildman–Crippen MR) is 128 cm³/mol. The summed E-state index contributed by atoms with van der Waals surface area (Å²) in [5.41, 5.74) is 5.19. The third kappa shape index (κ3) is 2.46. The van der Waals surface area contributed by atoms with Gasteiger partial charge < -0.3 is 4.57 Å². The summed E-state index contributed by atoms with van der Waals surface area (Å²) in [5.74, 6) is 0. The van der Waals surface area contributed by atoms with Gasteiger partial charge >= 0.3 is 0 Å². The standard InChI is InChI=1S/C27H21NS/c1-17(2)28-24-9-5-3-7-20(24)22-15-18(11-13-25(22)28)19-12-14-27-23(16-19)21-8-4-6-10-26(21)29-27/h3-17H,1-2H3. The van der Waals surface area contributed by atoms with Gasteiger partial charge in [0.2, 0.25) is 0 Å². The number of benzene rings is 4. The second kappa shape index (κ2) is 6.20. The molecule has 4 aromatic carbocycles. The van der Waals surface area contributed by atoms with Gasteiger partial charge in [-0.1, -0.05) is 48.5 Å². The van der Waals surface area contributed by atoms with Crippen LogP contribution in [0.3, 0.4) is 0 Å². The Morgan fingerprint density at radius 3 is 2.03 bits per heavy atom. The molecular formula is C27H21NS. The average Bonchev–Trinajstić information content (AvgIpc) is 3.28. The number of aromatic nitrogens is 1. The van der Waals surface area contributed by atoms with Crippen molar-refractivity contribution in [3.63, 3.8) is 0 Å². The molecule has 1 nitrogen and oxygen atoms in total. The van der Waals surface area contributed by atoms with E-state index in [0.29, 0.717) is 6.04 Å². The molecule has 0 aliphatic rings. The van der Waals surface area contributed by atoms with Crippen LogP contribution in [0.5, 0.6) is 0 Å². The van der Waals surface area contributed by atoms with Crippen LogP contribution >= 0.6 is 11.3 Å². The average molecular weight is 392 g/mol. The third-order valence-corrected chi connectivity index (χ3v) is 7.09. The normalized spacial score (nSPS) is 12.1. The number of hydrogen-bond donors (Lipinski definition) is 0. The molecule has 6 rings (SSSR count). The number of rotatable bonds is 2. The Bertz CT molecular complexity index is 1530. The molecule has 0 radical (unpaired) electrons. The number of thiophene rings is 1. The molecule has 29 heavy (non-hydrogen) atoms. The smallest absolute Gasteiger partial charge is 0.0494 e. The van der Waals surface area contributed by atoms with Crippen molar-refractivity contribution in [1.82, 2.24) is 4.57 Å². The quantitative estimate of drug-likeness (QED) is 0.279. The Labute approximate surface area is 173 Å². The van der Waals surface area contributed by atoms with E-state index in [9.17, 15) is 0 Å². The van der Waals surface area contributed by atoms with Crippen LogP contribution in [0.2, 0.25) is 0 Å². The number of nitrogens with zero attached hydrogens (tertiary/aromatic N) is 1. The number of hydrogen-bond acceptors (Lipinski definition) is 1. The zero-order valence-electron chi connectivity index (χ0n) is 16.5. The molecule has 0 spiro atoms. The van der Waals surface area contributed by atoms with Gasteiger partial charge in [0, 0.05) is 48.0 Å². The molecule has 2 heteroatoms. The monoisotopic (exact) mass is 391 g/mol. The Morgan fingerprint density at radius 1 is 0.586 bits per heavy atom. The Kier molecular flexibility index (Phi) is 3.60. The molecule has 2 aromatic heterocycles. The van der Waals surface area contributed by atoms with Gasteiger partial charge in [-0.05, 0) is 61.4 Å². The first-order valence-electron chi connectivity index (χ1n) is 10.1. The van der Waals surface area contributed by atoms with Gasteiger partial charge in [0.25, 0.3) is 0 Å². The van der Waals surface area contributed by atoms with Crippen LogP contribution in [0.25, 0.3) is 53.1 Å². The maximum absolute atomic E-state index is 2.45. The van der Waals surface area contributed by atoms with Crippen molar-refractivity contribution in [2.75, 3.05) is 0 Å². The highest BCUT2D eigenvalue weighted by Gasteiger charge is 2.14. The van der Waals surface area contributed by atoms with Crippen molar-refractivity contribution in [1.29, 1.82) is 0 Å². The molecular weight excluding hydrogens is 370 g/mol. The summed E-state index contributed by atoms with van der Waals surface area (Å²) in [7, 11) is 0. The van der Waals surface area contributed by atoms with E-state index in [1.54, 1.807) is 0 Å². The van der Waals surface area contributed by atoms with Crippen molar-refractivity contribution in [3.05, 3.63) is 84.9 Å². The molecule has 0 aliphatic carbocycles. The lowest BCUT2D eigenvalue weighted by molar-refractivity contribution is 0.642. The highest BCUT2D eigenvalue weighted by molar-refractivity contribution is 7.25. The van der Waals surface area contributed by atoms with Crippen molar-refractivity contribution in [2.45, 2.75) is 19.9 Å². The van der Waals surface area contributed by atoms with Crippen LogP contribution in [-0.2, 0) is 0 Å². The lowest BCUT2D eigenvalue weighted by Gasteiger charge is -2.11. The summed E-state index contributed by atoms with van der Waals surface area (Å²) in [6.45, 7) is 4.52. The summed E-state index contributed by atoms with van der Waals surface area (Å²) in [6, 6.07) is 31.7. The molecule has 0 N–H and O–H groups in total. The van der Waals surface area contributed by atoms with Crippen molar-refractivity contribution in [2.24, 2.45) is 0 Å². The maximum Gasteiger partial charge on any atom is 0.0494 e. The SMILES string of the molecule is CC(C)n1c2ccccc2c2cc(-c3ccc4sc5ccccc5c4c3)ccc21. The highest BCUT2D eigenvalue weighted by Crippen LogP contribution is 2.38. The first-order chi connectivity index (χ1) is 14.2. The highest BCUT2D eigenvalue weighted by atomic mass is 32.1. The molecule has 0 saturated carbocycles. The largest absolute Gasteiger partial charge is 0.338 e. The number of para-hydroxylation sites is 1. The van der Waals surface area contributed by atoms with Crippen LogP contribution < -0.4 is 0 Å². The molecule has 0 unspecified atom stereocenters. The fraction of sp³-hybridized carbons (Fsp3) is 0.111. The zero-order valence-corrected chi connectivity index (χ0v) is 17.3. The fourth-order valence-corrected chi connectivity index (χ4v) is 5.73. The van der Waals surface area contributed by atoms with Crippen LogP contribution in [0.1, 0.15) is 19.9 Å². The lowest BCUT2D eigenvalue weighted by Crippen LogP contribution is -1.99. The van der Waals surface area contributed by atoms with E-state index in [-0.39, 0.29) is 0 Å². The van der Waals surface area contributed by atoms with E-state index in [0.717, 1.165) is 0 Å². The van der Waals surface area contributed by atoms with Gasteiger partial charge in [0.05, 0.1) is 0 Å². The number of fused-ring (bicyclic) bond motifs is 6. The van der Waals surface area contributed by atoms with E-state index in [2.05, 4.69) is 103 Å². The predicted octanol–water partition coefficient (Wildman–Crippen LogP) is 8.41. The Balaban J connectivity index is 1.62. The summed E-state index contributed by atoms with van der Waals surface area (Å²) < 4.78 is 5.16. The summed E-state index contributed by atoms with van der Waals surface area (Å²) >= 11 is 1.87. The van der Waals surface area contributed by atoms with Crippen LogP contribution in [0, 0.1) is 0 Å². The topological polar surface area (TPSA) is 4.93 Å². The van der Waals surface area contributed by atoms with Crippen LogP contribution in [0.15, 0.2) is 84.9 Å². The summed E-state index contributed by atoms with van der Waals surface area (Å²) in [6.07, 6.45) is 0.